The van der Waals surface area contributed by atoms with Gasteiger partial charge in [-0.15, -0.1) is 5.10 Å². The number of anilines is 1. The van der Waals surface area contributed by atoms with Gasteiger partial charge in [0.15, 0.2) is 12.4 Å². The van der Waals surface area contributed by atoms with E-state index in [0.29, 0.717) is 15.2 Å². The van der Waals surface area contributed by atoms with E-state index < -0.39 is 11.7 Å². The summed E-state index contributed by atoms with van der Waals surface area (Å²) in [7, 11) is 0. The van der Waals surface area contributed by atoms with Crippen LogP contribution in [0.4, 0.5) is 10.3 Å². The average molecular weight is 540 g/mol. The maximum absolute atomic E-state index is 13.9. The van der Waals surface area contributed by atoms with Gasteiger partial charge in [-0.2, -0.15) is 5.10 Å². The topological polar surface area (TPSA) is 86.9 Å². The molecule has 32 heavy (non-hydrogen) atoms. The lowest BCUT2D eigenvalue weighted by molar-refractivity contribution is 0.101. The second-order valence-corrected chi connectivity index (χ2v) is 8.21. The number of carbonyl (C=O) groups excluding carboxylic acids is 1. The third-order valence-corrected chi connectivity index (χ3v) is 5.47. The SMILES string of the molecule is O=C(Nc1ncn(Cc2c(F)cccc2Cl)n1)c1ccn(COc2ccc(Cl)cc2Br)n1. The van der Waals surface area contributed by atoms with Crippen molar-refractivity contribution in [2.75, 3.05) is 5.32 Å². The Labute approximate surface area is 200 Å². The van der Waals surface area contributed by atoms with Crippen LogP contribution in [0.3, 0.4) is 0 Å². The summed E-state index contributed by atoms with van der Waals surface area (Å²) in [6.45, 7) is 0.157. The second kappa shape index (κ2) is 9.68. The molecule has 0 bridgehead atoms. The van der Waals surface area contributed by atoms with Crippen molar-refractivity contribution in [1.82, 2.24) is 24.5 Å². The number of hydrogen-bond donors (Lipinski definition) is 1. The molecule has 1 N–H and O–H groups in total. The largest absolute Gasteiger partial charge is 0.470 e. The Balaban J connectivity index is 1.36. The summed E-state index contributed by atoms with van der Waals surface area (Å²) in [4.78, 5) is 16.5. The van der Waals surface area contributed by atoms with E-state index in [-0.39, 0.29) is 35.5 Å². The number of ether oxygens (including phenoxy) is 1. The quantitative estimate of drug-likeness (QED) is 0.356. The highest BCUT2D eigenvalue weighted by Gasteiger charge is 2.14. The first-order chi connectivity index (χ1) is 15.4. The van der Waals surface area contributed by atoms with Gasteiger partial charge in [-0.1, -0.05) is 29.3 Å². The first-order valence-corrected chi connectivity index (χ1v) is 10.7. The Hall–Kier alpha value is -2.95. The van der Waals surface area contributed by atoms with Crippen LogP contribution >= 0.6 is 39.1 Å². The van der Waals surface area contributed by atoms with Gasteiger partial charge in [-0.25, -0.2) is 18.7 Å². The normalized spacial score (nSPS) is 10.9. The van der Waals surface area contributed by atoms with Crippen molar-refractivity contribution < 1.29 is 13.9 Å². The number of carbonyl (C=O) groups is 1. The smallest absolute Gasteiger partial charge is 0.278 e. The first-order valence-electron chi connectivity index (χ1n) is 9.14. The summed E-state index contributed by atoms with van der Waals surface area (Å²) in [5.74, 6) is -0.311. The van der Waals surface area contributed by atoms with E-state index in [1.165, 1.54) is 33.9 Å². The lowest BCUT2D eigenvalue weighted by Crippen LogP contribution is -2.15. The van der Waals surface area contributed by atoms with Crippen molar-refractivity contribution in [2.24, 2.45) is 0 Å². The van der Waals surface area contributed by atoms with Crippen molar-refractivity contribution in [3.05, 3.63) is 86.6 Å². The molecule has 0 atom stereocenters. The number of hydrogen-bond acceptors (Lipinski definition) is 5. The molecule has 0 saturated carbocycles. The highest BCUT2D eigenvalue weighted by molar-refractivity contribution is 9.10. The predicted molar refractivity (Wildman–Crippen MR) is 120 cm³/mol. The van der Waals surface area contributed by atoms with Crippen LogP contribution in [0.25, 0.3) is 0 Å². The highest BCUT2D eigenvalue weighted by Crippen LogP contribution is 2.28. The molecule has 4 rings (SSSR count). The van der Waals surface area contributed by atoms with E-state index in [2.05, 4.69) is 36.4 Å². The van der Waals surface area contributed by atoms with Gasteiger partial charge in [-0.3, -0.25) is 10.1 Å². The van der Waals surface area contributed by atoms with Crippen LogP contribution in [0.5, 0.6) is 5.75 Å². The summed E-state index contributed by atoms with van der Waals surface area (Å²) < 4.78 is 23.1. The molecular weight excluding hydrogens is 526 g/mol. The fraction of sp³-hybridized carbons (Fsp3) is 0.100. The van der Waals surface area contributed by atoms with Crippen LogP contribution in [0.1, 0.15) is 16.1 Å². The number of nitrogens with one attached hydrogen (secondary N) is 1. The standard InChI is InChI=1S/C20H14BrCl2FN6O2/c21-14-8-12(22)4-5-18(14)32-11-29-7-6-17(27-29)19(31)26-20-25-10-30(28-20)9-13-15(23)2-1-3-16(13)24/h1-8,10H,9,11H2,(H,26,28,31). The number of nitrogens with zero attached hydrogens (tertiary/aromatic N) is 5. The van der Waals surface area contributed by atoms with Crippen molar-refractivity contribution in [2.45, 2.75) is 13.3 Å². The third-order valence-electron chi connectivity index (χ3n) is 4.26. The van der Waals surface area contributed by atoms with Crippen molar-refractivity contribution in [3.8, 4) is 5.75 Å². The summed E-state index contributed by atoms with van der Waals surface area (Å²) in [6, 6.07) is 11.1. The van der Waals surface area contributed by atoms with E-state index in [1.54, 1.807) is 30.5 Å². The molecule has 0 saturated heterocycles. The van der Waals surface area contributed by atoms with Gasteiger partial charge < -0.3 is 4.74 Å². The molecular formula is C20H14BrCl2FN6O2. The minimum absolute atomic E-state index is 0.0540. The lowest BCUT2D eigenvalue weighted by Gasteiger charge is -2.08. The van der Waals surface area contributed by atoms with Crippen molar-refractivity contribution in [3.63, 3.8) is 0 Å². The van der Waals surface area contributed by atoms with Crippen LogP contribution in [-0.4, -0.2) is 30.5 Å². The Kier molecular flexibility index (Phi) is 6.73. The number of aromatic nitrogens is 5. The summed E-state index contributed by atoms with van der Waals surface area (Å²) in [6.07, 6.45) is 2.97. The third kappa shape index (κ3) is 5.26. The first kappa shape index (κ1) is 22.3. The zero-order valence-electron chi connectivity index (χ0n) is 16.2. The maximum Gasteiger partial charge on any atom is 0.278 e. The van der Waals surface area contributed by atoms with Gasteiger partial charge in [0, 0.05) is 21.8 Å². The van der Waals surface area contributed by atoms with Gasteiger partial charge >= 0.3 is 0 Å². The average Bonchev–Trinajstić information content (AvgIpc) is 3.40. The van der Waals surface area contributed by atoms with E-state index >= 15 is 0 Å². The van der Waals surface area contributed by atoms with Gasteiger partial charge in [-0.05, 0) is 52.3 Å². The maximum atomic E-state index is 13.9. The Morgan fingerprint density at radius 2 is 2.00 bits per heavy atom. The van der Waals surface area contributed by atoms with Crippen LogP contribution in [0, 0.1) is 5.82 Å². The van der Waals surface area contributed by atoms with Crippen LogP contribution in [-0.2, 0) is 13.3 Å². The molecule has 0 spiro atoms. The number of halogens is 4. The monoisotopic (exact) mass is 538 g/mol. The van der Waals surface area contributed by atoms with Gasteiger partial charge in [0.05, 0.1) is 11.0 Å². The molecule has 0 fully saturated rings. The van der Waals surface area contributed by atoms with Crippen LogP contribution in [0.2, 0.25) is 10.0 Å². The Morgan fingerprint density at radius 3 is 2.78 bits per heavy atom. The molecule has 1 amide bonds. The van der Waals surface area contributed by atoms with Crippen molar-refractivity contribution >= 4 is 51.0 Å². The van der Waals surface area contributed by atoms with Gasteiger partial charge in [0.1, 0.15) is 17.9 Å². The fourth-order valence-electron chi connectivity index (χ4n) is 2.72. The van der Waals surface area contributed by atoms with E-state index in [1.807, 2.05) is 0 Å². The highest BCUT2D eigenvalue weighted by atomic mass is 79.9. The van der Waals surface area contributed by atoms with E-state index in [9.17, 15) is 9.18 Å². The minimum Gasteiger partial charge on any atom is -0.470 e. The summed E-state index contributed by atoms with van der Waals surface area (Å²) in [5, 5.41) is 11.7. The van der Waals surface area contributed by atoms with Crippen LogP contribution < -0.4 is 10.1 Å². The number of amides is 1. The molecule has 2 aromatic heterocycles. The molecule has 8 nitrogen and oxygen atoms in total. The van der Waals surface area contributed by atoms with Crippen molar-refractivity contribution in [1.29, 1.82) is 0 Å². The predicted octanol–water partition coefficient (Wildman–Crippen LogP) is 5.02. The summed E-state index contributed by atoms with van der Waals surface area (Å²) >= 11 is 15.3. The zero-order valence-corrected chi connectivity index (χ0v) is 19.3. The lowest BCUT2D eigenvalue weighted by atomic mass is 10.2. The van der Waals surface area contributed by atoms with Gasteiger partial charge in [0.2, 0.25) is 5.95 Å². The zero-order chi connectivity index (χ0) is 22.7. The molecule has 164 valence electrons. The molecule has 4 aromatic rings. The molecule has 0 aliphatic heterocycles. The molecule has 0 radical (unpaired) electrons. The molecule has 2 aromatic carbocycles. The molecule has 2 heterocycles. The number of rotatable bonds is 7. The van der Waals surface area contributed by atoms with Gasteiger partial charge in [0.25, 0.3) is 5.91 Å². The van der Waals surface area contributed by atoms with E-state index in [4.69, 9.17) is 27.9 Å². The molecule has 0 aliphatic rings. The molecule has 0 aliphatic carbocycles. The molecule has 0 unspecified atom stereocenters. The minimum atomic E-state index is -0.502. The Morgan fingerprint density at radius 1 is 1.16 bits per heavy atom. The molecule has 12 heteroatoms. The second-order valence-electron chi connectivity index (χ2n) is 6.51. The Bertz CT molecular complexity index is 1260. The van der Waals surface area contributed by atoms with Crippen LogP contribution in [0.15, 0.2) is 59.5 Å². The fourth-order valence-corrected chi connectivity index (χ4v) is 3.74. The van der Waals surface area contributed by atoms with E-state index in [0.717, 1.165) is 0 Å². The number of benzene rings is 2. The summed E-state index contributed by atoms with van der Waals surface area (Å²) in [5.41, 5.74) is 0.431.